The van der Waals surface area contributed by atoms with Gasteiger partial charge < -0.3 is 9.47 Å². The molecule has 0 fully saturated rings. The number of hydrogen-bond acceptors (Lipinski definition) is 4. The molecule has 2 N–H and O–H groups in total. The highest BCUT2D eigenvalue weighted by Crippen LogP contribution is 2.30. The Kier molecular flexibility index (Phi) is 9.37. The number of carbonyl (C=O) groups is 2. The highest BCUT2D eigenvalue weighted by Gasteiger charge is 2.12. The van der Waals surface area contributed by atoms with E-state index in [9.17, 15) is 9.59 Å². The first-order valence-corrected chi connectivity index (χ1v) is 11.2. The second kappa shape index (κ2) is 11.7. The van der Waals surface area contributed by atoms with Gasteiger partial charge >= 0.3 is 0 Å². The van der Waals surface area contributed by atoms with Crippen molar-refractivity contribution in [3.8, 4) is 11.5 Å². The maximum atomic E-state index is 12.0. The van der Waals surface area contributed by atoms with Gasteiger partial charge in [0.05, 0.1) is 4.47 Å². The minimum atomic E-state index is -0.468. The van der Waals surface area contributed by atoms with E-state index in [1.54, 1.807) is 0 Å². The maximum absolute atomic E-state index is 12.0. The zero-order valence-electron chi connectivity index (χ0n) is 18.8. The Morgan fingerprint density at radius 1 is 0.935 bits per heavy atom. The fourth-order valence-electron chi connectivity index (χ4n) is 2.92. The summed E-state index contributed by atoms with van der Waals surface area (Å²) in [5.41, 5.74) is 7.96. The number of halogens is 1. The Morgan fingerprint density at radius 2 is 1.55 bits per heavy atom. The van der Waals surface area contributed by atoms with Crippen molar-refractivity contribution in [3.63, 3.8) is 0 Å². The van der Waals surface area contributed by atoms with Crippen LogP contribution in [0.3, 0.4) is 0 Å². The van der Waals surface area contributed by atoms with Gasteiger partial charge in [-0.3, -0.25) is 20.4 Å². The number of hydrogen-bond donors (Lipinski definition) is 2. The first-order valence-electron chi connectivity index (χ1n) is 10.4. The van der Waals surface area contributed by atoms with Gasteiger partial charge in [-0.05, 0) is 76.0 Å². The summed E-state index contributed by atoms with van der Waals surface area (Å²) >= 11 is 3.48. The van der Waals surface area contributed by atoms with Crippen LogP contribution in [0.5, 0.6) is 11.5 Å². The van der Waals surface area contributed by atoms with Gasteiger partial charge in [-0.1, -0.05) is 45.9 Å². The summed E-state index contributed by atoms with van der Waals surface area (Å²) in [5, 5.41) is 0. The lowest BCUT2D eigenvalue weighted by atomic mass is 9.99. The zero-order chi connectivity index (χ0) is 23.0. The van der Waals surface area contributed by atoms with Crippen LogP contribution in [0.15, 0.2) is 40.9 Å². The van der Waals surface area contributed by atoms with Gasteiger partial charge in [0.15, 0.2) is 13.2 Å². The smallest absolute Gasteiger partial charge is 0.276 e. The summed E-state index contributed by atoms with van der Waals surface area (Å²) in [6, 6.07) is 11.7. The number of aryl methyl sites for hydroxylation is 1. The Hall–Kier alpha value is -2.54. The quantitative estimate of drug-likeness (QED) is 0.484. The summed E-state index contributed by atoms with van der Waals surface area (Å²) in [6.07, 6.45) is 1.04. The van der Waals surface area contributed by atoms with Crippen molar-refractivity contribution in [1.82, 2.24) is 10.9 Å². The summed E-state index contributed by atoms with van der Waals surface area (Å²) < 4.78 is 12.0. The fraction of sp³-hybridized carbons (Fsp3) is 0.417. The van der Waals surface area contributed by atoms with E-state index in [1.165, 1.54) is 5.56 Å². The van der Waals surface area contributed by atoms with Gasteiger partial charge in [0.2, 0.25) is 0 Å². The molecule has 6 nitrogen and oxygen atoms in total. The second-order valence-corrected chi connectivity index (χ2v) is 8.72. The molecule has 0 aliphatic rings. The summed E-state index contributed by atoms with van der Waals surface area (Å²) in [5.74, 6) is 1.04. The topological polar surface area (TPSA) is 76.7 Å². The third-order valence-electron chi connectivity index (χ3n) is 4.99. The number of carbonyl (C=O) groups excluding carboxylic acids is 2. The van der Waals surface area contributed by atoms with E-state index >= 15 is 0 Å². The molecule has 0 spiro atoms. The molecule has 2 rings (SSSR count). The minimum Gasteiger partial charge on any atom is -0.483 e. The molecule has 0 aromatic heterocycles. The Bertz CT molecular complexity index is 914. The van der Waals surface area contributed by atoms with E-state index < -0.39 is 11.8 Å². The van der Waals surface area contributed by atoms with Crippen LogP contribution in [0.25, 0.3) is 0 Å². The molecular weight excluding hydrogens is 460 g/mol. The largest absolute Gasteiger partial charge is 0.483 e. The van der Waals surface area contributed by atoms with Crippen LogP contribution in [-0.2, 0) is 9.59 Å². The van der Waals surface area contributed by atoms with Crippen LogP contribution in [0.2, 0.25) is 0 Å². The number of benzene rings is 2. The predicted octanol–water partition coefficient (Wildman–Crippen LogP) is 5.00. The van der Waals surface area contributed by atoms with Crippen molar-refractivity contribution in [2.45, 2.75) is 52.9 Å². The van der Waals surface area contributed by atoms with Crippen LogP contribution in [0, 0.1) is 6.92 Å². The Morgan fingerprint density at radius 3 is 2.10 bits per heavy atom. The molecule has 2 amide bonds. The van der Waals surface area contributed by atoms with Crippen LogP contribution in [0.1, 0.15) is 62.6 Å². The number of ether oxygens (including phenoxy) is 2. The lowest BCUT2D eigenvalue weighted by Gasteiger charge is -2.15. The molecule has 168 valence electrons. The standard InChI is InChI=1S/C24H31BrN2O4/c1-6-17(5)18-8-10-21(20(25)12-18)30-13-23(28)26-27-24(29)14-31-22-11-16(4)7-9-19(22)15(2)3/h7-12,15,17H,6,13-14H2,1-5H3,(H,26,28)(H,27,29). The van der Waals surface area contributed by atoms with E-state index in [-0.39, 0.29) is 19.1 Å². The minimum absolute atomic E-state index is 0.201. The Balaban J connectivity index is 1.79. The lowest BCUT2D eigenvalue weighted by molar-refractivity contribution is -0.131. The van der Waals surface area contributed by atoms with Crippen LogP contribution in [-0.4, -0.2) is 25.0 Å². The molecular formula is C24H31BrN2O4. The van der Waals surface area contributed by atoms with E-state index in [0.717, 1.165) is 22.0 Å². The molecule has 0 heterocycles. The van der Waals surface area contributed by atoms with Crippen molar-refractivity contribution < 1.29 is 19.1 Å². The molecule has 2 aromatic rings. The van der Waals surface area contributed by atoms with E-state index in [4.69, 9.17) is 9.47 Å². The molecule has 0 radical (unpaired) electrons. The van der Waals surface area contributed by atoms with Gasteiger partial charge in [-0.15, -0.1) is 0 Å². The van der Waals surface area contributed by atoms with Gasteiger partial charge in [-0.25, -0.2) is 0 Å². The maximum Gasteiger partial charge on any atom is 0.276 e. The van der Waals surface area contributed by atoms with Crippen LogP contribution >= 0.6 is 15.9 Å². The van der Waals surface area contributed by atoms with Crippen molar-refractivity contribution >= 4 is 27.7 Å². The normalized spacial score (nSPS) is 11.7. The molecule has 2 aromatic carbocycles. The van der Waals surface area contributed by atoms with Gasteiger partial charge in [0.1, 0.15) is 11.5 Å². The van der Waals surface area contributed by atoms with Crippen molar-refractivity contribution in [1.29, 1.82) is 0 Å². The monoisotopic (exact) mass is 490 g/mol. The molecule has 7 heteroatoms. The number of amides is 2. The first kappa shape index (κ1) is 24.7. The molecule has 31 heavy (non-hydrogen) atoms. The fourth-order valence-corrected chi connectivity index (χ4v) is 3.43. The van der Waals surface area contributed by atoms with Crippen molar-refractivity contribution in [3.05, 3.63) is 57.6 Å². The third-order valence-corrected chi connectivity index (χ3v) is 5.61. The van der Waals surface area contributed by atoms with Gasteiger partial charge in [0, 0.05) is 0 Å². The molecule has 0 bridgehead atoms. The average molecular weight is 491 g/mol. The van der Waals surface area contributed by atoms with Gasteiger partial charge in [-0.2, -0.15) is 0 Å². The second-order valence-electron chi connectivity index (χ2n) is 7.87. The zero-order valence-corrected chi connectivity index (χ0v) is 20.3. The van der Waals surface area contributed by atoms with E-state index in [2.05, 4.69) is 54.5 Å². The van der Waals surface area contributed by atoms with Gasteiger partial charge in [0.25, 0.3) is 11.8 Å². The molecule has 0 saturated heterocycles. The number of hydrazine groups is 1. The third kappa shape index (κ3) is 7.58. The van der Waals surface area contributed by atoms with E-state index in [0.29, 0.717) is 17.4 Å². The number of nitrogens with one attached hydrogen (secondary N) is 2. The highest BCUT2D eigenvalue weighted by atomic mass is 79.9. The lowest BCUT2D eigenvalue weighted by Crippen LogP contribution is -2.45. The molecule has 1 atom stereocenters. The molecule has 0 saturated carbocycles. The highest BCUT2D eigenvalue weighted by molar-refractivity contribution is 9.10. The van der Waals surface area contributed by atoms with Crippen LogP contribution in [0.4, 0.5) is 0 Å². The SMILES string of the molecule is CCC(C)c1ccc(OCC(=O)NNC(=O)COc2cc(C)ccc2C(C)C)c(Br)c1. The van der Waals surface area contributed by atoms with Crippen LogP contribution < -0.4 is 20.3 Å². The summed E-state index contributed by atoms with van der Waals surface area (Å²) in [7, 11) is 0. The predicted molar refractivity (Wildman–Crippen MR) is 125 cm³/mol. The Labute approximate surface area is 192 Å². The summed E-state index contributed by atoms with van der Waals surface area (Å²) in [6.45, 7) is 9.96. The number of rotatable bonds is 9. The molecule has 0 aliphatic heterocycles. The first-order chi connectivity index (χ1) is 14.7. The van der Waals surface area contributed by atoms with Crippen molar-refractivity contribution in [2.75, 3.05) is 13.2 Å². The van der Waals surface area contributed by atoms with Crippen molar-refractivity contribution in [2.24, 2.45) is 0 Å². The van der Waals surface area contributed by atoms with E-state index in [1.807, 2.05) is 43.3 Å². The average Bonchev–Trinajstić information content (AvgIpc) is 2.74. The molecule has 1 unspecified atom stereocenters. The molecule has 0 aliphatic carbocycles. The summed E-state index contributed by atoms with van der Waals surface area (Å²) in [4.78, 5) is 24.1.